The molecule has 0 aliphatic heterocycles. The number of imidazole rings is 1. The second-order valence-corrected chi connectivity index (χ2v) is 5.29. The highest BCUT2D eigenvalue weighted by atomic mass is 15.1. The zero-order valence-corrected chi connectivity index (χ0v) is 13.6. The van der Waals surface area contributed by atoms with Crippen molar-refractivity contribution < 1.29 is 0 Å². The topological polar surface area (TPSA) is 58.7 Å². The van der Waals surface area contributed by atoms with Crippen LogP contribution in [0.5, 0.6) is 0 Å². The van der Waals surface area contributed by atoms with E-state index in [-0.39, 0.29) is 0 Å². The summed E-state index contributed by atoms with van der Waals surface area (Å²) in [6.07, 6.45) is 13.9. The smallest absolute Gasteiger partial charge is 0.116 e. The van der Waals surface area contributed by atoms with Gasteiger partial charge in [-0.05, 0) is 20.2 Å². The molecule has 118 valence electrons. The molecule has 0 N–H and O–H groups in total. The van der Waals surface area contributed by atoms with Gasteiger partial charge in [0.15, 0.2) is 0 Å². The van der Waals surface area contributed by atoms with Crippen molar-refractivity contribution in [2.24, 2.45) is 17.0 Å². The lowest BCUT2D eigenvalue weighted by Crippen LogP contribution is -2.15. The Kier molecular flexibility index (Phi) is 5.78. The van der Waals surface area contributed by atoms with Gasteiger partial charge in [0.05, 0.1) is 19.1 Å². The molecule has 6 nitrogen and oxygen atoms in total. The van der Waals surface area contributed by atoms with E-state index in [1.165, 1.54) is 6.21 Å². The molecule has 0 saturated heterocycles. The molecule has 2 aromatic rings. The summed E-state index contributed by atoms with van der Waals surface area (Å²) in [5, 5.41) is 0. The van der Waals surface area contributed by atoms with E-state index in [1.54, 1.807) is 18.7 Å². The molecular formula is C17H20N6. The Labute approximate surface area is 136 Å². The number of nitrogens with zero attached hydrogens (tertiary/aromatic N) is 6. The van der Waals surface area contributed by atoms with Crippen LogP contribution in [0.4, 0.5) is 5.69 Å². The number of terminal acetylenes is 1. The van der Waals surface area contributed by atoms with Crippen molar-refractivity contribution >= 4 is 18.1 Å². The quantitative estimate of drug-likeness (QED) is 0.604. The van der Waals surface area contributed by atoms with Crippen molar-refractivity contribution in [3.63, 3.8) is 0 Å². The molecule has 0 aromatic carbocycles. The van der Waals surface area contributed by atoms with Gasteiger partial charge in [-0.15, -0.1) is 6.42 Å². The second kappa shape index (κ2) is 8.01. The SMILES string of the molecule is C#CC=Nc1c(C=NCCN(C)C)ccnc1-c1cn(C)cn1. The summed E-state index contributed by atoms with van der Waals surface area (Å²) in [7, 11) is 5.95. The number of aryl methyl sites for hydroxylation is 1. The monoisotopic (exact) mass is 308 g/mol. The van der Waals surface area contributed by atoms with E-state index < -0.39 is 0 Å². The van der Waals surface area contributed by atoms with E-state index in [9.17, 15) is 0 Å². The van der Waals surface area contributed by atoms with Gasteiger partial charge in [0.2, 0.25) is 0 Å². The Morgan fingerprint density at radius 3 is 2.87 bits per heavy atom. The van der Waals surface area contributed by atoms with Gasteiger partial charge in [-0.3, -0.25) is 9.98 Å². The summed E-state index contributed by atoms with van der Waals surface area (Å²) in [6.45, 7) is 1.60. The van der Waals surface area contributed by atoms with Crippen molar-refractivity contribution in [2.75, 3.05) is 27.2 Å². The van der Waals surface area contributed by atoms with Crippen LogP contribution in [0, 0.1) is 12.3 Å². The van der Waals surface area contributed by atoms with Crippen LogP contribution < -0.4 is 0 Å². The Bertz CT molecular complexity index is 749. The minimum atomic E-state index is 0.678. The fraction of sp³-hybridized carbons (Fsp3) is 0.294. The highest BCUT2D eigenvalue weighted by Crippen LogP contribution is 2.29. The fourth-order valence-corrected chi connectivity index (χ4v) is 1.95. The minimum Gasteiger partial charge on any atom is -0.340 e. The van der Waals surface area contributed by atoms with Gasteiger partial charge in [0.25, 0.3) is 0 Å². The molecule has 0 aliphatic rings. The molecule has 2 aromatic heterocycles. The molecule has 23 heavy (non-hydrogen) atoms. The van der Waals surface area contributed by atoms with Gasteiger partial charge in [0.1, 0.15) is 17.1 Å². The second-order valence-electron chi connectivity index (χ2n) is 5.29. The third kappa shape index (κ3) is 4.59. The normalized spacial score (nSPS) is 11.6. The Morgan fingerprint density at radius 1 is 1.39 bits per heavy atom. The lowest BCUT2D eigenvalue weighted by molar-refractivity contribution is 0.421. The Morgan fingerprint density at radius 2 is 2.22 bits per heavy atom. The maximum absolute atomic E-state index is 5.30. The molecule has 2 rings (SSSR count). The molecule has 0 atom stereocenters. The number of pyridine rings is 1. The summed E-state index contributed by atoms with van der Waals surface area (Å²) in [5.74, 6) is 2.41. The maximum Gasteiger partial charge on any atom is 0.116 e. The zero-order chi connectivity index (χ0) is 16.7. The molecule has 6 heteroatoms. The molecule has 2 heterocycles. The fourth-order valence-electron chi connectivity index (χ4n) is 1.95. The third-order valence-corrected chi connectivity index (χ3v) is 3.08. The Hall–Kier alpha value is -2.78. The average Bonchev–Trinajstić information content (AvgIpc) is 2.96. The number of hydrogen-bond acceptors (Lipinski definition) is 5. The molecule has 0 bridgehead atoms. The molecular weight excluding hydrogens is 288 g/mol. The summed E-state index contributed by atoms with van der Waals surface area (Å²) >= 11 is 0. The van der Waals surface area contributed by atoms with Gasteiger partial charge in [-0.1, -0.05) is 5.92 Å². The van der Waals surface area contributed by atoms with E-state index >= 15 is 0 Å². The summed E-state index contributed by atoms with van der Waals surface area (Å²) < 4.78 is 1.86. The van der Waals surface area contributed by atoms with Crippen LogP contribution in [0.1, 0.15) is 5.56 Å². The summed E-state index contributed by atoms with van der Waals surface area (Å²) in [5.41, 5.74) is 2.98. The van der Waals surface area contributed by atoms with Gasteiger partial charge in [-0.2, -0.15) is 0 Å². The van der Waals surface area contributed by atoms with Crippen molar-refractivity contribution in [1.82, 2.24) is 19.4 Å². The molecule has 0 radical (unpaired) electrons. The number of likely N-dealkylation sites (N-methyl/N-ethyl adjacent to an activating group) is 1. The van der Waals surface area contributed by atoms with Crippen LogP contribution in [-0.2, 0) is 7.05 Å². The average molecular weight is 308 g/mol. The third-order valence-electron chi connectivity index (χ3n) is 3.08. The summed E-state index contributed by atoms with van der Waals surface area (Å²) in [4.78, 5) is 19.6. The number of hydrogen-bond donors (Lipinski definition) is 0. The number of aromatic nitrogens is 3. The van der Waals surface area contributed by atoms with E-state index in [1.807, 2.05) is 38.0 Å². The van der Waals surface area contributed by atoms with Crippen molar-refractivity contribution in [3.8, 4) is 23.7 Å². The first-order chi connectivity index (χ1) is 11.1. The van der Waals surface area contributed by atoms with E-state index in [0.29, 0.717) is 17.9 Å². The van der Waals surface area contributed by atoms with E-state index in [0.717, 1.165) is 17.8 Å². The standard InChI is InChI=1S/C17H20N6/c1-5-7-19-16-14(11-18-9-10-22(2)3)6-8-20-17(16)15-12-23(4)13-21-15/h1,6-8,11-13H,9-10H2,2-4H3. The number of aliphatic imine (C=N–C) groups is 2. The molecule has 0 unspecified atom stereocenters. The molecule has 0 saturated carbocycles. The lowest BCUT2D eigenvalue weighted by atomic mass is 10.1. The van der Waals surface area contributed by atoms with Crippen LogP contribution in [0.3, 0.4) is 0 Å². The molecule has 0 aliphatic carbocycles. The van der Waals surface area contributed by atoms with Crippen LogP contribution in [-0.4, -0.2) is 59.0 Å². The predicted molar refractivity (Wildman–Crippen MR) is 94.4 cm³/mol. The predicted octanol–water partition coefficient (Wildman–Crippen LogP) is 1.80. The van der Waals surface area contributed by atoms with Crippen LogP contribution in [0.2, 0.25) is 0 Å². The highest BCUT2D eigenvalue weighted by Gasteiger charge is 2.12. The summed E-state index contributed by atoms with van der Waals surface area (Å²) in [6, 6.07) is 1.87. The van der Waals surface area contributed by atoms with Gasteiger partial charge < -0.3 is 9.47 Å². The first-order valence-electron chi connectivity index (χ1n) is 7.22. The van der Waals surface area contributed by atoms with Gasteiger partial charge in [-0.25, -0.2) is 9.98 Å². The maximum atomic E-state index is 5.30. The number of rotatable bonds is 6. The van der Waals surface area contributed by atoms with E-state index in [2.05, 4.69) is 30.8 Å². The largest absolute Gasteiger partial charge is 0.340 e. The van der Waals surface area contributed by atoms with Crippen LogP contribution in [0.25, 0.3) is 11.4 Å². The highest BCUT2D eigenvalue weighted by molar-refractivity contribution is 5.94. The molecule has 0 fully saturated rings. The Balaban J connectivity index is 2.38. The van der Waals surface area contributed by atoms with Crippen molar-refractivity contribution in [3.05, 3.63) is 30.4 Å². The minimum absolute atomic E-state index is 0.678. The van der Waals surface area contributed by atoms with Gasteiger partial charge in [0, 0.05) is 37.8 Å². The van der Waals surface area contributed by atoms with Gasteiger partial charge >= 0.3 is 0 Å². The van der Waals surface area contributed by atoms with Crippen LogP contribution >= 0.6 is 0 Å². The first-order valence-corrected chi connectivity index (χ1v) is 7.22. The first kappa shape index (κ1) is 16.6. The van der Waals surface area contributed by atoms with Crippen molar-refractivity contribution in [2.45, 2.75) is 0 Å². The zero-order valence-electron chi connectivity index (χ0n) is 13.6. The van der Waals surface area contributed by atoms with Crippen LogP contribution in [0.15, 0.2) is 34.8 Å². The lowest BCUT2D eigenvalue weighted by Gasteiger charge is -2.07. The van der Waals surface area contributed by atoms with Crippen molar-refractivity contribution in [1.29, 1.82) is 0 Å². The molecule has 0 amide bonds. The van der Waals surface area contributed by atoms with E-state index in [4.69, 9.17) is 6.42 Å². The molecule has 0 spiro atoms.